The SMILES string of the molecule is CCCn1ncc2ccc([C@@H]3CCCN(C(=O)CCc4nnc(C(C)C)o4)C3)nc21. The highest BCUT2D eigenvalue weighted by Crippen LogP contribution is 2.27. The fourth-order valence-corrected chi connectivity index (χ4v) is 3.99. The zero-order chi connectivity index (χ0) is 21.1. The van der Waals surface area contributed by atoms with Crippen LogP contribution in [0.25, 0.3) is 11.0 Å². The number of likely N-dealkylation sites (tertiary alicyclic amines) is 1. The van der Waals surface area contributed by atoms with Gasteiger partial charge in [0.25, 0.3) is 0 Å². The van der Waals surface area contributed by atoms with Crippen molar-refractivity contribution in [2.45, 2.75) is 71.3 Å². The fourth-order valence-electron chi connectivity index (χ4n) is 3.99. The molecule has 0 radical (unpaired) electrons. The summed E-state index contributed by atoms with van der Waals surface area (Å²) in [6.45, 7) is 8.53. The Morgan fingerprint density at radius 1 is 1.30 bits per heavy atom. The number of piperidine rings is 1. The van der Waals surface area contributed by atoms with E-state index in [0.717, 1.165) is 49.1 Å². The smallest absolute Gasteiger partial charge is 0.223 e. The molecule has 1 saturated heterocycles. The summed E-state index contributed by atoms with van der Waals surface area (Å²) in [6, 6.07) is 4.18. The summed E-state index contributed by atoms with van der Waals surface area (Å²) in [4.78, 5) is 19.7. The summed E-state index contributed by atoms with van der Waals surface area (Å²) in [5, 5.41) is 13.6. The zero-order valence-corrected chi connectivity index (χ0v) is 18.0. The Morgan fingerprint density at radius 3 is 2.93 bits per heavy atom. The number of carbonyl (C=O) groups excluding carboxylic acids is 1. The van der Waals surface area contributed by atoms with Gasteiger partial charge in [0.15, 0.2) is 5.65 Å². The van der Waals surface area contributed by atoms with Gasteiger partial charge >= 0.3 is 0 Å². The van der Waals surface area contributed by atoms with E-state index in [9.17, 15) is 4.79 Å². The van der Waals surface area contributed by atoms with Gasteiger partial charge in [-0.15, -0.1) is 10.2 Å². The number of rotatable bonds is 7. The molecule has 0 aromatic carbocycles. The Bertz CT molecular complexity index is 1010. The molecule has 8 heteroatoms. The van der Waals surface area contributed by atoms with Crippen molar-refractivity contribution in [3.05, 3.63) is 35.8 Å². The average molecular weight is 411 g/mol. The number of hydrogen-bond donors (Lipinski definition) is 0. The minimum atomic E-state index is 0.140. The molecule has 0 N–H and O–H groups in total. The Morgan fingerprint density at radius 2 is 2.17 bits per heavy atom. The van der Waals surface area contributed by atoms with Crippen molar-refractivity contribution in [2.75, 3.05) is 13.1 Å². The topological polar surface area (TPSA) is 89.9 Å². The van der Waals surface area contributed by atoms with Crippen LogP contribution in [0.5, 0.6) is 0 Å². The number of aryl methyl sites for hydroxylation is 2. The summed E-state index contributed by atoms with van der Waals surface area (Å²) >= 11 is 0. The first-order chi connectivity index (χ1) is 14.5. The molecule has 0 aliphatic carbocycles. The number of hydrogen-bond acceptors (Lipinski definition) is 6. The first-order valence-electron chi connectivity index (χ1n) is 11.0. The highest BCUT2D eigenvalue weighted by atomic mass is 16.4. The first-order valence-corrected chi connectivity index (χ1v) is 11.0. The molecule has 1 fully saturated rings. The van der Waals surface area contributed by atoms with Gasteiger partial charge in [0.1, 0.15) is 0 Å². The molecule has 3 aromatic heterocycles. The van der Waals surface area contributed by atoms with Gasteiger partial charge in [-0.25, -0.2) is 9.67 Å². The molecule has 30 heavy (non-hydrogen) atoms. The van der Waals surface area contributed by atoms with E-state index in [1.54, 1.807) is 0 Å². The number of nitrogens with zero attached hydrogens (tertiary/aromatic N) is 6. The standard InChI is InChI=1S/C22H30N6O2/c1-4-11-28-21-16(13-23-28)7-8-18(24-21)17-6-5-12-27(14-17)20(29)10-9-19-25-26-22(30-19)15(2)3/h7-8,13,15,17H,4-6,9-12,14H2,1-3H3/t17-/m1/s1. The molecular formula is C22H30N6O2. The second-order valence-electron chi connectivity index (χ2n) is 8.38. The molecule has 1 amide bonds. The molecule has 3 aromatic rings. The third-order valence-corrected chi connectivity index (χ3v) is 5.66. The molecule has 1 aliphatic heterocycles. The lowest BCUT2D eigenvalue weighted by atomic mass is 9.94. The van der Waals surface area contributed by atoms with Crippen LogP contribution in [0, 0.1) is 0 Å². The first kappa shape index (κ1) is 20.5. The Labute approximate surface area is 176 Å². The maximum atomic E-state index is 12.8. The van der Waals surface area contributed by atoms with E-state index in [1.165, 1.54) is 0 Å². The van der Waals surface area contributed by atoms with Gasteiger partial charge in [0, 0.05) is 55.4 Å². The van der Waals surface area contributed by atoms with Crippen molar-refractivity contribution < 1.29 is 9.21 Å². The van der Waals surface area contributed by atoms with Crippen LogP contribution in [0.15, 0.2) is 22.7 Å². The van der Waals surface area contributed by atoms with Gasteiger partial charge < -0.3 is 9.32 Å². The van der Waals surface area contributed by atoms with E-state index in [-0.39, 0.29) is 17.7 Å². The number of carbonyl (C=O) groups is 1. The molecular weight excluding hydrogens is 380 g/mol. The van der Waals surface area contributed by atoms with Crippen molar-refractivity contribution in [1.29, 1.82) is 0 Å². The Balaban J connectivity index is 1.40. The maximum absolute atomic E-state index is 12.8. The third kappa shape index (κ3) is 4.37. The van der Waals surface area contributed by atoms with Gasteiger partial charge in [0.05, 0.1) is 6.20 Å². The zero-order valence-electron chi connectivity index (χ0n) is 18.0. The predicted molar refractivity (Wildman–Crippen MR) is 113 cm³/mol. The number of aromatic nitrogens is 5. The minimum Gasteiger partial charge on any atom is -0.425 e. The average Bonchev–Trinajstić information content (AvgIpc) is 3.39. The van der Waals surface area contributed by atoms with Crippen LogP contribution in [-0.4, -0.2) is 48.9 Å². The molecule has 0 spiro atoms. The van der Waals surface area contributed by atoms with Gasteiger partial charge in [-0.2, -0.15) is 5.10 Å². The van der Waals surface area contributed by atoms with Gasteiger partial charge in [-0.05, 0) is 31.4 Å². The number of fused-ring (bicyclic) bond motifs is 1. The number of pyridine rings is 1. The Hall–Kier alpha value is -2.77. The van der Waals surface area contributed by atoms with Crippen LogP contribution in [-0.2, 0) is 17.8 Å². The summed E-state index contributed by atoms with van der Waals surface area (Å²) < 4.78 is 7.60. The summed E-state index contributed by atoms with van der Waals surface area (Å²) in [5.41, 5.74) is 1.99. The molecule has 1 atom stereocenters. The molecule has 0 bridgehead atoms. The van der Waals surface area contributed by atoms with E-state index in [2.05, 4.69) is 34.4 Å². The summed E-state index contributed by atoms with van der Waals surface area (Å²) in [5.74, 6) is 1.76. The number of amides is 1. The Kier molecular flexibility index (Phi) is 6.11. The lowest BCUT2D eigenvalue weighted by Gasteiger charge is -2.32. The van der Waals surface area contributed by atoms with Gasteiger partial charge in [-0.1, -0.05) is 20.8 Å². The van der Waals surface area contributed by atoms with E-state index >= 15 is 0 Å². The second-order valence-corrected chi connectivity index (χ2v) is 8.38. The summed E-state index contributed by atoms with van der Waals surface area (Å²) in [6.07, 6.45) is 5.81. The van der Waals surface area contributed by atoms with Gasteiger partial charge in [0.2, 0.25) is 17.7 Å². The fraction of sp³-hybridized carbons (Fsp3) is 0.591. The molecule has 0 saturated carbocycles. The van der Waals surface area contributed by atoms with Crippen LogP contribution in [0.1, 0.15) is 75.8 Å². The van der Waals surface area contributed by atoms with E-state index in [0.29, 0.717) is 31.2 Å². The van der Waals surface area contributed by atoms with Crippen LogP contribution < -0.4 is 0 Å². The molecule has 0 unspecified atom stereocenters. The maximum Gasteiger partial charge on any atom is 0.223 e. The van der Waals surface area contributed by atoms with Crippen LogP contribution in [0.4, 0.5) is 0 Å². The largest absolute Gasteiger partial charge is 0.425 e. The molecule has 160 valence electrons. The quantitative estimate of drug-likeness (QED) is 0.590. The van der Waals surface area contributed by atoms with E-state index < -0.39 is 0 Å². The van der Waals surface area contributed by atoms with Crippen molar-refractivity contribution >= 4 is 16.9 Å². The molecule has 4 rings (SSSR count). The van der Waals surface area contributed by atoms with Crippen molar-refractivity contribution in [1.82, 2.24) is 29.9 Å². The van der Waals surface area contributed by atoms with Crippen LogP contribution in [0.2, 0.25) is 0 Å². The summed E-state index contributed by atoms with van der Waals surface area (Å²) in [7, 11) is 0. The minimum absolute atomic E-state index is 0.140. The van der Waals surface area contributed by atoms with E-state index in [4.69, 9.17) is 9.40 Å². The highest BCUT2D eigenvalue weighted by molar-refractivity contribution is 5.77. The second kappa shape index (κ2) is 8.93. The molecule has 1 aliphatic rings. The lowest BCUT2D eigenvalue weighted by Crippen LogP contribution is -2.39. The van der Waals surface area contributed by atoms with Crippen LogP contribution >= 0.6 is 0 Å². The van der Waals surface area contributed by atoms with Crippen molar-refractivity contribution in [3.8, 4) is 0 Å². The molecule has 4 heterocycles. The third-order valence-electron chi connectivity index (χ3n) is 5.66. The molecule has 8 nitrogen and oxygen atoms in total. The lowest BCUT2D eigenvalue weighted by molar-refractivity contribution is -0.132. The normalized spacial score (nSPS) is 17.2. The highest BCUT2D eigenvalue weighted by Gasteiger charge is 2.26. The van der Waals surface area contributed by atoms with E-state index in [1.807, 2.05) is 29.6 Å². The van der Waals surface area contributed by atoms with Crippen LogP contribution in [0.3, 0.4) is 0 Å². The predicted octanol–water partition coefficient (Wildman–Crippen LogP) is 3.69. The van der Waals surface area contributed by atoms with Crippen molar-refractivity contribution in [2.24, 2.45) is 0 Å². The van der Waals surface area contributed by atoms with Gasteiger partial charge in [-0.3, -0.25) is 4.79 Å². The van der Waals surface area contributed by atoms with Crippen molar-refractivity contribution in [3.63, 3.8) is 0 Å². The monoisotopic (exact) mass is 410 g/mol.